The lowest BCUT2D eigenvalue weighted by atomic mass is 10.2. The van der Waals surface area contributed by atoms with E-state index >= 15 is 0 Å². The van der Waals surface area contributed by atoms with Crippen molar-refractivity contribution in [2.45, 2.75) is 18.8 Å². The number of nitrogens with one attached hydrogen (secondary N) is 2. The normalized spacial score (nSPS) is 10.9. The van der Waals surface area contributed by atoms with Crippen LogP contribution in [0, 0.1) is 5.82 Å². The minimum atomic E-state index is -0.263. The highest BCUT2D eigenvalue weighted by atomic mass is 32.2. The fourth-order valence-corrected chi connectivity index (χ4v) is 3.99. The number of amides is 1. The highest BCUT2D eigenvalue weighted by Crippen LogP contribution is 2.19. The topological polar surface area (TPSA) is 84.7 Å². The molecule has 0 spiro atoms. The molecule has 0 fully saturated rings. The first-order valence-corrected chi connectivity index (χ1v) is 11.4. The Morgan fingerprint density at radius 1 is 1.03 bits per heavy atom. The maximum Gasteiger partial charge on any atom is 0.230 e. The van der Waals surface area contributed by atoms with Gasteiger partial charge in [-0.25, -0.2) is 19.0 Å². The first-order valence-electron chi connectivity index (χ1n) is 10.2. The predicted molar refractivity (Wildman–Crippen MR) is 125 cm³/mol. The van der Waals surface area contributed by atoms with E-state index in [1.165, 1.54) is 24.0 Å². The first kappa shape index (κ1) is 21.8. The summed E-state index contributed by atoms with van der Waals surface area (Å²) in [5.74, 6) is 1.61. The molecule has 32 heavy (non-hydrogen) atoms. The van der Waals surface area contributed by atoms with Crippen LogP contribution in [0.5, 0.6) is 0 Å². The summed E-state index contributed by atoms with van der Waals surface area (Å²) in [5.41, 5.74) is 2.84. The molecule has 164 valence electrons. The van der Waals surface area contributed by atoms with E-state index in [0.29, 0.717) is 36.9 Å². The van der Waals surface area contributed by atoms with E-state index < -0.39 is 0 Å². The van der Waals surface area contributed by atoms with Crippen molar-refractivity contribution in [2.24, 2.45) is 0 Å². The highest BCUT2D eigenvalue weighted by molar-refractivity contribution is 7.99. The molecular weight excluding hydrogens is 427 g/mol. The number of aromatic nitrogens is 4. The molecule has 2 aromatic heterocycles. The van der Waals surface area contributed by atoms with Gasteiger partial charge in [-0.3, -0.25) is 4.79 Å². The Hall–Kier alpha value is -3.46. The van der Waals surface area contributed by atoms with Crippen molar-refractivity contribution in [3.8, 4) is 0 Å². The minimum Gasteiger partial charge on any atom is -0.365 e. The third-order valence-corrected chi connectivity index (χ3v) is 5.80. The largest absolute Gasteiger partial charge is 0.365 e. The first-order chi connectivity index (χ1) is 15.7. The van der Waals surface area contributed by atoms with Gasteiger partial charge in [0.1, 0.15) is 18.0 Å². The zero-order valence-electron chi connectivity index (χ0n) is 17.4. The van der Waals surface area contributed by atoms with Crippen LogP contribution in [-0.4, -0.2) is 38.0 Å². The Labute approximate surface area is 189 Å². The fourth-order valence-electron chi connectivity index (χ4n) is 3.17. The molecule has 0 aliphatic rings. The number of thioether (sulfide) groups is 1. The summed E-state index contributed by atoms with van der Waals surface area (Å²) in [5, 5.41) is 11.4. The zero-order chi connectivity index (χ0) is 22.2. The van der Waals surface area contributed by atoms with Gasteiger partial charge in [-0.1, -0.05) is 42.5 Å². The molecule has 0 unspecified atom stereocenters. The fraction of sp³-hybridized carbons (Fsp3) is 0.217. The van der Waals surface area contributed by atoms with Crippen molar-refractivity contribution in [1.82, 2.24) is 25.1 Å². The van der Waals surface area contributed by atoms with Crippen molar-refractivity contribution in [2.75, 3.05) is 17.6 Å². The Balaban J connectivity index is 1.27. The van der Waals surface area contributed by atoms with Crippen molar-refractivity contribution in [1.29, 1.82) is 0 Å². The van der Waals surface area contributed by atoms with E-state index in [0.717, 1.165) is 16.7 Å². The van der Waals surface area contributed by atoms with E-state index in [9.17, 15) is 9.18 Å². The summed E-state index contributed by atoms with van der Waals surface area (Å²) < 4.78 is 14.8. The number of benzene rings is 2. The second-order valence-corrected chi connectivity index (χ2v) is 8.12. The Bertz CT molecular complexity index is 1170. The highest BCUT2D eigenvalue weighted by Gasteiger charge is 2.10. The Morgan fingerprint density at radius 2 is 1.84 bits per heavy atom. The van der Waals surface area contributed by atoms with Gasteiger partial charge in [0.25, 0.3) is 0 Å². The number of carbonyl (C=O) groups is 1. The summed E-state index contributed by atoms with van der Waals surface area (Å²) in [4.78, 5) is 20.7. The summed E-state index contributed by atoms with van der Waals surface area (Å²) in [6.45, 7) is 1.48. The second-order valence-electron chi connectivity index (χ2n) is 7.14. The number of hydrogen-bond acceptors (Lipinski definition) is 6. The SMILES string of the molecule is O=C(CSCc1ccccc1)NCCn1ncc2c(NCc3ccc(F)cc3)ncnc21. The quantitative estimate of drug-likeness (QED) is 0.384. The molecule has 2 N–H and O–H groups in total. The van der Waals surface area contributed by atoms with Gasteiger partial charge in [-0.2, -0.15) is 5.10 Å². The number of hydrogen-bond donors (Lipinski definition) is 2. The summed E-state index contributed by atoms with van der Waals surface area (Å²) in [6.07, 6.45) is 3.19. The molecule has 2 heterocycles. The molecule has 0 bridgehead atoms. The lowest BCUT2D eigenvalue weighted by Gasteiger charge is -2.08. The molecule has 9 heteroatoms. The van der Waals surface area contributed by atoms with E-state index in [2.05, 4.69) is 37.8 Å². The summed E-state index contributed by atoms with van der Waals surface area (Å²) in [7, 11) is 0. The third-order valence-electron chi connectivity index (χ3n) is 4.80. The van der Waals surface area contributed by atoms with Crippen LogP contribution in [0.25, 0.3) is 11.0 Å². The molecule has 0 saturated heterocycles. The minimum absolute atomic E-state index is 0.00123. The van der Waals surface area contributed by atoms with Gasteiger partial charge in [-0.15, -0.1) is 11.8 Å². The maximum absolute atomic E-state index is 13.1. The van der Waals surface area contributed by atoms with Crippen molar-refractivity contribution in [3.63, 3.8) is 0 Å². The summed E-state index contributed by atoms with van der Waals surface area (Å²) in [6, 6.07) is 16.4. The lowest BCUT2D eigenvalue weighted by molar-refractivity contribution is -0.118. The van der Waals surface area contributed by atoms with E-state index in [1.807, 2.05) is 18.2 Å². The molecular formula is C23H23FN6OS. The lowest BCUT2D eigenvalue weighted by Crippen LogP contribution is -2.29. The third kappa shape index (κ3) is 5.82. The molecule has 2 aromatic carbocycles. The van der Waals surface area contributed by atoms with E-state index in [-0.39, 0.29) is 11.7 Å². The van der Waals surface area contributed by atoms with Crippen LogP contribution in [0.1, 0.15) is 11.1 Å². The van der Waals surface area contributed by atoms with Gasteiger partial charge >= 0.3 is 0 Å². The average Bonchev–Trinajstić information content (AvgIpc) is 3.23. The van der Waals surface area contributed by atoms with E-state index in [1.54, 1.807) is 34.8 Å². The van der Waals surface area contributed by atoms with Gasteiger partial charge in [-0.05, 0) is 23.3 Å². The Morgan fingerprint density at radius 3 is 2.66 bits per heavy atom. The number of fused-ring (bicyclic) bond motifs is 1. The number of rotatable bonds is 10. The van der Waals surface area contributed by atoms with Gasteiger partial charge < -0.3 is 10.6 Å². The van der Waals surface area contributed by atoms with Crippen molar-refractivity contribution in [3.05, 3.63) is 84.1 Å². The number of halogens is 1. The van der Waals surface area contributed by atoms with Gasteiger partial charge in [0, 0.05) is 18.8 Å². The molecule has 7 nitrogen and oxygen atoms in total. The van der Waals surface area contributed by atoms with E-state index in [4.69, 9.17) is 0 Å². The molecule has 0 atom stereocenters. The van der Waals surface area contributed by atoms with Crippen LogP contribution < -0.4 is 10.6 Å². The molecule has 4 aromatic rings. The molecule has 0 saturated carbocycles. The monoisotopic (exact) mass is 450 g/mol. The molecule has 1 amide bonds. The number of anilines is 1. The van der Waals surface area contributed by atoms with Gasteiger partial charge in [0.15, 0.2) is 5.65 Å². The van der Waals surface area contributed by atoms with Crippen molar-refractivity contribution < 1.29 is 9.18 Å². The Kier molecular flexibility index (Phi) is 7.29. The molecule has 0 radical (unpaired) electrons. The molecule has 4 rings (SSSR count). The van der Waals surface area contributed by atoms with Crippen LogP contribution in [0.2, 0.25) is 0 Å². The van der Waals surface area contributed by atoms with Gasteiger partial charge in [0.05, 0.1) is 23.9 Å². The van der Waals surface area contributed by atoms with Crippen LogP contribution in [0.4, 0.5) is 10.2 Å². The van der Waals surface area contributed by atoms with Crippen LogP contribution >= 0.6 is 11.8 Å². The second kappa shape index (κ2) is 10.7. The van der Waals surface area contributed by atoms with Crippen molar-refractivity contribution >= 4 is 34.5 Å². The molecule has 0 aliphatic carbocycles. The zero-order valence-corrected chi connectivity index (χ0v) is 18.2. The van der Waals surface area contributed by atoms with Gasteiger partial charge in [0.2, 0.25) is 5.91 Å². The predicted octanol–water partition coefficient (Wildman–Crippen LogP) is 3.63. The van der Waals surface area contributed by atoms with Crippen LogP contribution in [-0.2, 0) is 23.6 Å². The number of carbonyl (C=O) groups excluding carboxylic acids is 1. The average molecular weight is 451 g/mol. The maximum atomic E-state index is 13.1. The number of nitrogens with zero attached hydrogens (tertiary/aromatic N) is 4. The summed E-state index contributed by atoms with van der Waals surface area (Å²) >= 11 is 1.59. The smallest absolute Gasteiger partial charge is 0.230 e. The molecule has 0 aliphatic heterocycles. The van der Waals surface area contributed by atoms with Crippen LogP contribution in [0.3, 0.4) is 0 Å². The van der Waals surface area contributed by atoms with Crippen LogP contribution in [0.15, 0.2) is 67.1 Å². The standard InChI is InChI=1S/C23H23FN6OS/c24-19-8-6-17(7-9-19)12-26-22-20-13-29-30(23(20)28-16-27-22)11-10-25-21(31)15-32-14-18-4-2-1-3-5-18/h1-9,13,16H,10-12,14-15H2,(H,25,31)(H,26,27,28).